The highest BCUT2D eigenvalue weighted by Gasteiger charge is 2.42. The first-order valence-electron chi connectivity index (χ1n) is 14.2. The second-order valence-electron chi connectivity index (χ2n) is 11.0. The number of amides is 2. The number of alkyl halides is 6. The molecule has 1 saturated carbocycles. The lowest BCUT2D eigenvalue weighted by atomic mass is 9.80. The number of nitrogens with zero attached hydrogens (tertiary/aromatic N) is 1. The summed E-state index contributed by atoms with van der Waals surface area (Å²) in [7, 11) is 0. The number of cyclic esters (lactones) is 1. The second kappa shape index (κ2) is 13.5. The number of benzene rings is 2. The van der Waals surface area contributed by atoms with Crippen molar-refractivity contribution in [2.45, 2.75) is 77.2 Å². The lowest BCUT2D eigenvalue weighted by molar-refractivity contribution is -0.274. The SMILES string of the molecule is CCOC(=O)CC1CCC(C(=O)Nc2ccc(OC(F)(F)F)cc2CN2C(=O)O[C@H](c3cc(F)cc(C(F)(F)F)c3)[C@@H]2C)CC1. The van der Waals surface area contributed by atoms with Gasteiger partial charge in [-0.1, -0.05) is 0 Å². The number of halogens is 7. The number of hydrogen-bond donors (Lipinski definition) is 1. The summed E-state index contributed by atoms with van der Waals surface area (Å²) in [5, 5.41) is 2.70. The average molecular weight is 649 g/mol. The molecule has 8 nitrogen and oxygen atoms in total. The first kappa shape index (κ1) is 33.8. The number of hydrogen-bond acceptors (Lipinski definition) is 6. The third-order valence-electron chi connectivity index (χ3n) is 7.86. The fourth-order valence-corrected chi connectivity index (χ4v) is 5.62. The van der Waals surface area contributed by atoms with Crippen LogP contribution in [0.25, 0.3) is 0 Å². The predicted molar refractivity (Wildman–Crippen MR) is 144 cm³/mol. The molecule has 4 rings (SSSR count). The highest BCUT2D eigenvalue weighted by Crippen LogP contribution is 2.39. The van der Waals surface area contributed by atoms with Crippen LogP contribution in [0, 0.1) is 17.7 Å². The van der Waals surface area contributed by atoms with Crippen molar-refractivity contribution in [1.82, 2.24) is 4.90 Å². The molecule has 2 aromatic rings. The minimum absolute atomic E-state index is 0.0285. The minimum atomic E-state index is -5.04. The van der Waals surface area contributed by atoms with Gasteiger partial charge in [0.05, 0.1) is 24.8 Å². The fourth-order valence-electron chi connectivity index (χ4n) is 5.62. The highest BCUT2D eigenvalue weighted by atomic mass is 19.4. The number of esters is 1. The van der Waals surface area contributed by atoms with Crippen molar-refractivity contribution >= 4 is 23.7 Å². The van der Waals surface area contributed by atoms with Gasteiger partial charge < -0.3 is 19.5 Å². The highest BCUT2D eigenvalue weighted by molar-refractivity contribution is 5.93. The number of rotatable bonds is 9. The van der Waals surface area contributed by atoms with E-state index in [1.54, 1.807) is 6.92 Å². The van der Waals surface area contributed by atoms with E-state index in [9.17, 15) is 45.1 Å². The number of carbonyl (C=O) groups is 3. The Bertz CT molecular complexity index is 1410. The summed E-state index contributed by atoms with van der Waals surface area (Å²) < 4.78 is 107. The Morgan fingerprint density at radius 1 is 1.02 bits per heavy atom. The Labute approximate surface area is 253 Å². The summed E-state index contributed by atoms with van der Waals surface area (Å²) in [5.41, 5.74) is -1.43. The summed E-state index contributed by atoms with van der Waals surface area (Å²) >= 11 is 0. The molecule has 1 saturated heterocycles. The molecule has 0 bridgehead atoms. The number of anilines is 1. The zero-order valence-electron chi connectivity index (χ0n) is 24.3. The van der Waals surface area contributed by atoms with Gasteiger partial charge in [0, 0.05) is 18.0 Å². The van der Waals surface area contributed by atoms with Crippen LogP contribution in [0.4, 0.5) is 41.2 Å². The fraction of sp³-hybridized carbons (Fsp3) is 0.500. The molecule has 2 atom stereocenters. The lowest BCUT2D eigenvalue weighted by Gasteiger charge is -2.28. The van der Waals surface area contributed by atoms with E-state index in [0.29, 0.717) is 37.8 Å². The van der Waals surface area contributed by atoms with Crippen LogP contribution >= 0.6 is 0 Å². The van der Waals surface area contributed by atoms with Gasteiger partial charge in [-0.05, 0) is 93.0 Å². The quantitative estimate of drug-likeness (QED) is 0.223. The van der Waals surface area contributed by atoms with E-state index >= 15 is 0 Å². The number of nitrogens with one attached hydrogen (secondary N) is 1. The van der Waals surface area contributed by atoms with Gasteiger partial charge in [0.1, 0.15) is 17.7 Å². The largest absolute Gasteiger partial charge is 0.573 e. The van der Waals surface area contributed by atoms with Crippen LogP contribution in [0.5, 0.6) is 5.75 Å². The number of carbonyl (C=O) groups excluding carboxylic acids is 3. The van der Waals surface area contributed by atoms with Crippen molar-refractivity contribution in [3.63, 3.8) is 0 Å². The Morgan fingerprint density at radius 3 is 2.33 bits per heavy atom. The molecule has 1 heterocycles. The summed E-state index contributed by atoms with van der Waals surface area (Å²) in [5.74, 6) is -2.94. The first-order chi connectivity index (χ1) is 21.0. The predicted octanol–water partition coefficient (Wildman–Crippen LogP) is 7.52. The van der Waals surface area contributed by atoms with Crippen molar-refractivity contribution in [3.8, 4) is 5.75 Å². The van der Waals surface area contributed by atoms with E-state index in [2.05, 4.69) is 10.1 Å². The molecule has 2 aromatic carbocycles. The van der Waals surface area contributed by atoms with Crippen LogP contribution < -0.4 is 10.1 Å². The summed E-state index contributed by atoms with van der Waals surface area (Å²) in [6.45, 7) is 2.98. The molecule has 1 aliphatic carbocycles. The van der Waals surface area contributed by atoms with Crippen LogP contribution in [0.2, 0.25) is 0 Å². The zero-order valence-corrected chi connectivity index (χ0v) is 24.3. The number of ether oxygens (including phenoxy) is 3. The van der Waals surface area contributed by atoms with E-state index < -0.39 is 66.3 Å². The van der Waals surface area contributed by atoms with Gasteiger partial charge in [-0.3, -0.25) is 14.5 Å². The van der Waals surface area contributed by atoms with E-state index in [-0.39, 0.29) is 41.7 Å². The molecule has 1 aliphatic heterocycles. The molecule has 2 fully saturated rings. The normalized spacial score (nSPS) is 22.2. The molecular formula is C30H31F7N2O6. The molecule has 1 N–H and O–H groups in total. The van der Waals surface area contributed by atoms with Crippen LogP contribution in [0.3, 0.4) is 0 Å². The van der Waals surface area contributed by atoms with Gasteiger partial charge >= 0.3 is 24.6 Å². The van der Waals surface area contributed by atoms with Gasteiger partial charge in [0.15, 0.2) is 0 Å². The Hall–Kier alpha value is -4.04. The van der Waals surface area contributed by atoms with Crippen LogP contribution in [-0.2, 0) is 31.8 Å². The third kappa shape index (κ3) is 8.78. The molecular weight excluding hydrogens is 617 g/mol. The zero-order chi connectivity index (χ0) is 33.1. The van der Waals surface area contributed by atoms with E-state index in [1.807, 2.05) is 0 Å². The maximum Gasteiger partial charge on any atom is 0.573 e. The summed E-state index contributed by atoms with van der Waals surface area (Å²) in [6.07, 6.45) is -9.89. The van der Waals surface area contributed by atoms with E-state index in [4.69, 9.17) is 9.47 Å². The standard InChI is InChI=1S/C30H31F7N2O6/c1-3-43-25(40)10-17-4-6-18(7-5-17)27(41)38-24-9-8-23(45-30(35,36)37)13-20(24)15-39-16(2)26(44-28(39)42)19-11-21(29(32,33)34)14-22(31)12-19/h8-9,11-14,16-18,26H,3-7,10,15H2,1-2H3,(H,38,41)/t16-,17?,18?,26-/m0/s1. The van der Waals surface area contributed by atoms with Crippen molar-refractivity contribution in [1.29, 1.82) is 0 Å². The smallest absolute Gasteiger partial charge is 0.466 e. The topological polar surface area (TPSA) is 94.2 Å². The molecule has 0 radical (unpaired) electrons. The Morgan fingerprint density at radius 2 is 1.71 bits per heavy atom. The molecule has 0 unspecified atom stereocenters. The van der Waals surface area contributed by atoms with Crippen molar-refractivity contribution in [3.05, 3.63) is 58.9 Å². The maximum atomic E-state index is 14.1. The van der Waals surface area contributed by atoms with Gasteiger partial charge in [-0.25, -0.2) is 9.18 Å². The molecule has 0 spiro atoms. The van der Waals surface area contributed by atoms with Crippen LogP contribution in [-0.4, -0.2) is 41.9 Å². The summed E-state index contributed by atoms with van der Waals surface area (Å²) in [4.78, 5) is 38.8. The average Bonchev–Trinajstić information content (AvgIpc) is 3.21. The van der Waals surface area contributed by atoms with Crippen molar-refractivity contribution in [2.75, 3.05) is 11.9 Å². The van der Waals surface area contributed by atoms with Gasteiger partial charge in [-0.15, -0.1) is 13.2 Å². The minimum Gasteiger partial charge on any atom is -0.466 e. The Balaban J connectivity index is 1.52. The van der Waals surface area contributed by atoms with Gasteiger partial charge in [-0.2, -0.15) is 13.2 Å². The van der Waals surface area contributed by atoms with Gasteiger partial charge in [0.2, 0.25) is 5.91 Å². The molecule has 246 valence electrons. The Kier molecular flexibility index (Phi) is 10.2. The lowest BCUT2D eigenvalue weighted by Crippen LogP contribution is -2.32. The van der Waals surface area contributed by atoms with Crippen LogP contribution in [0.1, 0.15) is 68.7 Å². The second-order valence-corrected chi connectivity index (χ2v) is 11.0. The van der Waals surface area contributed by atoms with E-state index in [0.717, 1.165) is 23.1 Å². The first-order valence-corrected chi connectivity index (χ1v) is 14.2. The maximum absolute atomic E-state index is 14.1. The monoisotopic (exact) mass is 648 g/mol. The molecule has 2 aliphatic rings. The van der Waals surface area contributed by atoms with Crippen molar-refractivity contribution in [2.24, 2.45) is 11.8 Å². The van der Waals surface area contributed by atoms with Gasteiger partial charge in [0.25, 0.3) is 0 Å². The summed E-state index contributed by atoms with van der Waals surface area (Å²) in [6, 6.07) is 3.94. The van der Waals surface area contributed by atoms with Crippen LogP contribution in [0.15, 0.2) is 36.4 Å². The van der Waals surface area contributed by atoms with Crippen molar-refractivity contribution < 1.29 is 59.3 Å². The molecule has 15 heteroatoms. The van der Waals surface area contributed by atoms with E-state index in [1.165, 1.54) is 13.0 Å². The molecule has 45 heavy (non-hydrogen) atoms. The molecule has 2 amide bonds. The molecule has 0 aromatic heterocycles. The third-order valence-corrected chi connectivity index (χ3v) is 7.86.